The molecule has 0 fully saturated rings. The zero-order valence-corrected chi connectivity index (χ0v) is 7.83. The fourth-order valence-electron chi connectivity index (χ4n) is 0.743. The number of rotatable bonds is 2. The Bertz CT molecular complexity index is 219. The highest BCUT2D eigenvalue weighted by Gasteiger charge is 1.78. The van der Waals surface area contributed by atoms with Gasteiger partial charge in [-0.3, -0.25) is 0 Å². The first-order valence-corrected chi connectivity index (χ1v) is 4.27. The van der Waals surface area contributed by atoms with E-state index >= 15 is 0 Å². The molecule has 1 aromatic carbocycles. The van der Waals surface area contributed by atoms with Gasteiger partial charge in [0.15, 0.2) is 0 Å². The Hall–Kier alpha value is -1.30. The fourth-order valence-corrected chi connectivity index (χ4v) is 0.743. The molecule has 0 aliphatic heterocycles. The van der Waals surface area contributed by atoms with Crippen molar-refractivity contribution in [1.82, 2.24) is 0 Å². The van der Waals surface area contributed by atoms with Crippen molar-refractivity contribution in [3.8, 4) is 0 Å². The largest absolute Gasteiger partial charge is 0.0991 e. The minimum atomic E-state index is 1.21. The van der Waals surface area contributed by atoms with Crippen LogP contribution in [0.4, 0.5) is 0 Å². The van der Waals surface area contributed by atoms with E-state index in [1.807, 2.05) is 44.2 Å². The maximum absolute atomic E-state index is 3.59. The lowest BCUT2D eigenvalue weighted by atomic mass is 10.2. The standard InChI is InChI=1S/C10H10.C2H6/c1-2-3-7-10-8-5-4-6-9-10;1-2/h2-9H,1H2;1-2H3/b7-3-;. The predicted molar refractivity (Wildman–Crippen MR) is 57.0 cm³/mol. The summed E-state index contributed by atoms with van der Waals surface area (Å²) in [6, 6.07) is 10.1. The summed E-state index contributed by atoms with van der Waals surface area (Å²) in [7, 11) is 0. The van der Waals surface area contributed by atoms with Crippen molar-refractivity contribution >= 4 is 6.08 Å². The second-order valence-corrected chi connectivity index (χ2v) is 2.01. The zero-order chi connectivity index (χ0) is 9.23. The summed E-state index contributed by atoms with van der Waals surface area (Å²) in [4.78, 5) is 0. The number of hydrogen-bond acceptors (Lipinski definition) is 0. The summed E-state index contributed by atoms with van der Waals surface area (Å²) in [5.74, 6) is 0. The molecule has 12 heavy (non-hydrogen) atoms. The van der Waals surface area contributed by atoms with Gasteiger partial charge in [0.1, 0.15) is 0 Å². The van der Waals surface area contributed by atoms with Crippen LogP contribution in [0.15, 0.2) is 49.1 Å². The van der Waals surface area contributed by atoms with Crippen LogP contribution in [-0.4, -0.2) is 0 Å². The molecule has 0 aliphatic rings. The summed E-state index contributed by atoms with van der Waals surface area (Å²) in [6.45, 7) is 7.59. The van der Waals surface area contributed by atoms with Gasteiger partial charge in [0, 0.05) is 0 Å². The van der Waals surface area contributed by atoms with Gasteiger partial charge in [0.05, 0.1) is 0 Å². The minimum absolute atomic E-state index is 1.21. The van der Waals surface area contributed by atoms with Crippen LogP contribution >= 0.6 is 0 Å². The lowest BCUT2D eigenvalue weighted by Crippen LogP contribution is -1.65. The molecule has 0 radical (unpaired) electrons. The number of hydrogen-bond donors (Lipinski definition) is 0. The van der Waals surface area contributed by atoms with Crippen LogP contribution in [0.25, 0.3) is 6.08 Å². The lowest BCUT2D eigenvalue weighted by molar-refractivity contribution is 1.50. The maximum Gasteiger partial charge on any atom is -0.0257 e. The third kappa shape index (κ3) is 4.51. The van der Waals surface area contributed by atoms with Gasteiger partial charge in [-0.2, -0.15) is 0 Å². The normalized spacial score (nSPS) is 8.83. The highest BCUT2D eigenvalue weighted by atomic mass is 13.8. The SMILES string of the molecule is C=C/C=C\c1ccccc1.CC. The molecule has 0 heteroatoms. The van der Waals surface area contributed by atoms with Crippen LogP contribution in [0.3, 0.4) is 0 Å². The summed E-state index contributed by atoms with van der Waals surface area (Å²) in [5.41, 5.74) is 1.21. The first-order valence-electron chi connectivity index (χ1n) is 4.27. The molecule has 0 atom stereocenters. The van der Waals surface area contributed by atoms with Gasteiger partial charge in [-0.15, -0.1) is 0 Å². The summed E-state index contributed by atoms with van der Waals surface area (Å²) < 4.78 is 0. The van der Waals surface area contributed by atoms with E-state index in [0.717, 1.165) is 0 Å². The number of benzene rings is 1. The zero-order valence-electron chi connectivity index (χ0n) is 7.83. The topological polar surface area (TPSA) is 0 Å². The molecule has 0 amide bonds. The second kappa shape index (κ2) is 7.80. The molecule has 0 N–H and O–H groups in total. The van der Waals surface area contributed by atoms with E-state index in [4.69, 9.17) is 0 Å². The molecule has 1 rings (SSSR count). The van der Waals surface area contributed by atoms with E-state index in [1.165, 1.54) is 5.56 Å². The Balaban J connectivity index is 0.000000561. The van der Waals surface area contributed by atoms with E-state index < -0.39 is 0 Å². The third-order valence-electron chi connectivity index (χ3n) is 1.22. The summed E-state index contributed by atoms with van der Waals surface area (Å²) >= 11 is 0. The Morgan fingerprint density at radius 2 is 1.67 bits per heavy atom. The molecule has 0 aromatic heterocycles. The Morgan fingerprint density at radius 1 is 1.08 bits per heavy atom. The minimum Gasteiger partial charge on any atom is -0.0991 e. The van der Waals surface area contributed by atoms with Crippen molar-refractivity contribution in [3.05, 3.63) is 54.6 Å². The molecule has 0 spiro atoms. The Morgan fingerprint density at radius 3 is 2.17 bits per heavy atom. The van der Waals surface area contributed by atoms with E-state index in [1.54, 1.807) is 6.08 Å². The fraction of sp³-hybridized carbons (Fsp3) is 0.167. The quantitative estimate of drug-likeness (QED) is 0.575. The van der Waals surface area contributed by atoms with Crippen LogP contribution in [0.1, 0.15) is 19.4 Å². The van der Waals surface area contributed by atoms with Crippen molar-refractivity contribution in [1.29, 1.82) is 0 Å². The van der Waals surface area contributed by atoms with Gasteiger partial charge in [0.25, 0.3) is 0 Å². The van der Waals surface area contributed by atoms with Gasteiger partial charge >= 0.3 is 0 Å². The van der Waals surface area contributed by atoms with E-state index in [0.29, 0.717) is 0 Å². The second-order valence-electron chi connectivity index (χ2n) is 2.01. The first kappa shape index (κ1) is 10.7. The molecule has 1 aromatic rings. The molecule has 0 unspecified atom stereocenters. The smallest absolute Gasteiger partial charge is 0.0257 e. The Kier molecular flexibility index (Phi) is 6.96. The monoisotopic (exact) mass is 160 g/mol. The van der Waals surface area contributed by atoms with E-state index in [-0.39, 0.29) is 0 Å². The van der Waals surface area contributed by atoms with Crippen LogP contribution in [-0.2, 0) is 0 Å². The highest BCUT2D eigenvalue weighted by molar-refractivity contribution is 5.50. The Labute approximate surface area is 75.2 Å². The summed E-state index contributed by atoms with van der Waals surface area (Å²) in [5, 5.41) is 0. The molecule has 0 nitrogen and oxygen atoms in total. The molecule has 0 aliphatic carbocycles. The maximum atomic E-state index is 3.59. The molecule has 0 bridgehead atoms. The highest BCUT2D eigenvalue weighted by Crippen LogP contribution is 1.99. The molecular weight excluding hydrogens is 144 g/mol. The van der Waals surface area contributed by atoms with Gasteiger partial charge in [-0.1, -0.05) is 69.0 Å². The van der Waals surface area contributed by atoms with Crippen LogP contribution in [0, 0.1) is 0 Å². The van der Waals surface area contributed by atoms with E-state index in [2.05, 4.69) is 18.7 Å². The molecule has 64 valence electrons. The van der Waals surface area contributed by atoms with Crippen LogP contribution < -0.4 is 0 Å². The van der Waals surface area contributed by atoms with E-state index in [9.17, 15) is 0 Å². The van der Waals surface area contributed by atoms with Crippen molar-refractivity contribution in [2.75, 3.05) is 0 Å². The van der Waals surface area contributed by atoms with Crippen molar-refractivity contribution in [2.24, 2.45) is 0 Å². The van der Waals surface area contributed by atoms with Crippen LogP contribution in [0.2, 0.25) is 0 Å². The van der Waals surface area contributed by atoms with Crippen molar-refractivity contribution < 1.29 is 0 Å². The van der Waals surface area contributed by atoms with Gasteiger partial charge in [0.2, 0.25) is 0 Å². The molecular formula is C12H16. The lowest BCUT2D eigenvalue weighted by Gasteiger charge is -1.87. The van der Waals surface area contributed by atoms with Crippen molar-refractivity contribution in [3.63, 3.8) is 0 Å². The van der Waals surface area contributed by atoms with Gasteiger partial charge in [-0.25, -0.2) is 0 Å². The van der Waals surface area contributed by atoms with Crippen LogP contribution in [0.5, 0.6) is 0 Å². The average Bonchev–Trinajstić information content (AvgIpc) is 2.19. The average molecular weight is 160 g/mol. The van der Waals surface area contributed by atoms with Crippen molar-refractivity contribution in [2.45, 2.75) is 13.8 Å². The first-order chi connectivity index (χ1) is 5.93. The summed E-state index contributed by atoms with van der Waals surface area (Å²) in [6.07, 6.45) is 5.72. The predicted octanol–water partition coefficient (Wildman–Crippen LogP) is 3.91. The third-order valence-corrected chi connectivity index (χ3v) is 1.22. The number of allylic oxidation sites excluding steroid dienone is 2. The van der Waals surface area contributed by atoms with Gasteiger partial charge < -0.3 is 0 Å². The van der Waals surface area contributed by atoms with Gasteiger partial charge in [-0.05, 0) is 5.56 Å². The molecule has 0 saturated heterocycles. The molecule has 0 heterocycles. The molecule has 0 saturated carbocycles.